The molecule has 2 N–H and O–H groups in total. The zero-order valence-corrected chi connectivity index (χ0v) is 15.6. The Hall–Kier alpha value is -3.42. The minimum Gasteiger partial charge on any atom is -0.481 e. The third kappa shape index (κ3) is 5.31. The number of urea groups is 1. The number of nitrogens with one attached hydrogen (secondary N) is 2. The summed E-state index contributed by atoms with van der Waals surface area (Å²) in [6, 6.07) is 3.87. The van der Waals surface area contributed by atoms with E-state index in [0.717, 1.165) is 26.4 Å². The van der Waals surface area contributed by atoms with E-state index in [2.05, 4.69) is 19.4 Å². The zero-order valence-electron chi connectivity index (χ0n) is 14.8. The molecule has 0 unspecified atom stereocenters. The standard InChI is InChI=1S/C15H13F3N4O6S/c1-27-11-7-10(15(16,17)18)19-13(20-11)21-14(24)22-29(25,26)9-6-4-3-5-8(9)12(23)28-2/h3-7H,1-2H3,(H2,19,20,21,22,24). The molecule has 156 valence electrons. The van der Waals surface area contributed by atoms with Crippen LogP contribution in [0.1, 0.15) is 16.1 Å². The summed E-state index contributed by atoms with van der Waals surface area (Å²) in [5.74, 6) is -2.34. The first-order valence-corrected chi connectivity index (χ1v) is 8.97. The van der Waals surface area contributed by atoms with Crippen LogP contribution in [0.5, 0.6) is 5.88 Å². The van der Waals surface area contributed by atoms with Gasteiger partial charge in [-0.25, -0.2) is 27.7 Å². The Balaban J connectivity index is 2.29. The van der Waals surface area contributed by atoms with Gasteiger partial charge < -0.3 is 9.47 Å². The van der Waals surface area contributed by atoms with Crippen LogP contribution in [-0.2, 0) is 20.9 Å². The van der Waals surface area contributed by atoms with Crippen LogP contribution < -0.4 is 14.8 Å². The summed E-state index contributed by atoms with van der Waals surface area (Å²) in [7, 11) is -2.52. The molecule has 10 nitrogen and oxygen atoms in total. The van der Waals surface area contributed by atoms with Crippen molar-refractivity contribution in [3.8, 4) is 5.88 Å². The number of alkyl halides is 3. The molecule has 0 bridgehead atoms. The molecule has 0 radical (unpaired) electrons. The molecule has 2 amide bonds. The van der Waals surface area contributed by atoms with E-state index in [-0.39, 0.29) is 5.56 Å². The first-order valence-electron chi connectivity index (χ1n) is 7.49. The molecular formula is C15H13F3N4O6S. The third-order valence-corrected chi connectivity index (χ3v) is 4.63. The maximum absolute atomic E-state index is 12.9. The number of methoxy groups -OCH3 is 2. The van der Waals surface area contributed by atoms with Gasteiger partial charge in [-0.15, -0.1) is 0 Å². The van der Waals surface area contributed by atoms with E-state index >= 15 is 0 Å². The summed E-state index contributed by atoms with van der Waals surface area (Å²) in [5, 5.41) is 1.77. The van der Waals surface area contributed by atoms with Crippen LogP contribution in [0.15, 0.2) is 35.2 Å². The number of carbonyl (C=O) groups excluding carboxylic acids is 2. The lowest BCUT2D eigenvalue weighted by molar-refractivity contribution is -0.141. The van der Waals surface area contributed by atoms with Gasteiger partial charge >= 0.3 is 18.2 Å². The summed E-state index contributed by atoms with van der Waals surface area (Å²) in [4.78, 5) is 29.7. The molecule has 0 atom stereocenters. The van der Waals surface area contributed by atoms with Crippen LogP contribution in [0, 0.1) is 0 Å². The van der Waals surface area contributed by atoms with Crippen molar-refractivity contribution in [1.82, 2.24) is 14.7 Å². The molecule has 0 fully saturated rings. The zero-order chi connectivity index (χ0) is 21.8. The maximum atomic E-state index is 12.9. The third-order valence-electron chi connectivity index (χ3n) is 3.24. The van der Waals surface area contributed by atoms with Crippen LogP contribution in [0.2, 0.25) is 0 Å². The Morgan fingerprint density at radius 3 is 2.34 bits per heavy atom. The summed E-state index contributed by atoms with van der Waals surface area (Å²) in [6.07, 6.45) is -4.87. The fraction of sp³-hybridized carbons (Fsp3) is 0.200. The van der Waals surface area contributed by atoms with Gasteiger partial charge in [0.2, 0.25) is 11.8 Å². The summed E-state index contributed by atoms with van der Waals surface area (Å²) in [5.41, 5.74) is -1.77. The van der Waals surface area contributed by atoms with Crippen molar-refractivity contribution in [2.75, 3.05) is 19.5 Å². The molecule has 2 aromatic rings. The van der Waals surface area contributed by atoms with Crippen molar-refractivity contribution in [1.29, 1.82) is 0 Å². The molecule has 0 aliphatic heterocycles. The van der Waals surface area contributed by atoms with E-state index in [1.54, 1.807) is 10.0 Å². The fourth-order valence-electron chi connectivity index (χ4n) is 2.01. The van der Waals surface area contributed by atoms with Gasteiger partial charge in [0.1, 0.15) is 4.90 Å². The average Bonchev–Trinajstić information content (AvgIpc) is 2.65. The van der Waals surface area contributed by atoms with Crippen LogP contribution >= 0.6 is 0 Å². The highest BCUT2D eigenvalue weighted by Crippen LogP contribution is 2.30. The number of rotatable bonds is 5. The molecule has 1 aromatic carbocycles. The van der Waals surface area contributed by atoms with Gasteiger partial charge in [-0.3, -0.25) is 5.32 Å². The lowest BCUT2D eigenvalue weighted by Gasteiger charge is -2.12. The molecule has 0 saturated heterocycles. The molecule has 29 heavy (non-hydrogen) atoms. The van der Waals surface area contributed by atoms with Gasteiger partial charge in [0.05, 0.1) is 19.8 Å². The van der Waals surface area contributed by atoms with Crippen molar-refractivity contribution in [2.24, 2.45) is 0 Å². The van der Waals surface area contributed by atoms with E-state index in [4.69, 9.17) is 0 Å². The number of sulfonamides is 1. The smallest absolute Gasteiger partial charge is 0.433 e. The largest absolute Gasteiger partial charge is 0.481 e. The van der Waals surface area contributed by atoms with Crippen molar-refractivity contribution in [3.05, 3.63) is 41.6 Å². The number of aromatic nitrogens is 2. The Labute approximate surface area is 162 Å². The average molecular weight is 434 g/mol. The van der Waals surface area contributed by atoms with Crippen molar-refractivity contribution < 1.29 is 40.7 Å². The van der Waals surface area contributed by atoms with Crippen LogP contribution in [0.25, 0.3) is 0 Å². The lowest BCUT2D eigenvalue weighted by Crippen LogP contribution is -2.35. The fourth-order valence-corrected chi connectivity index (χ4v) is 3.12. The van der Waals surface area contributed by atoms with Gasteiger partial charge in [-0.05, 0) is 12.1 Å². The van der Waals surface area contributed by atoms with Crippen LogP contribution in [0.4, 0.5) is 23.9 Å². The van der Waals surface area contributed by atoms with Crippen molar-refractivity contribution in [2.45, 2.75) is 11.1 Å². The predicted octanol–water partition coefficient (Wildman–Crippen LogP) is 1.80. The summed E-state index contributed by atoms with van der Waals surface area (Å²) < 4.78 is 74.0. The Morgan fingerprint density at radius 2 is 1.76 bits per heavy atom. The first kappa shape index (κ1) is 21.9. The Bertz CT molecular complexity index is 1040. The van der Waals surface area contributed by atoms with Crippen LogP contribution in [0.3, 0.4) is 0 Å². The van der Waals surface area contributed by atoms with E-state index in [9.17, 15) is 31.2 Å². The Morgan fingerprint density at radius 1 is 1.10 bits per heavy atom. The molecule has 1 heterocycles. The number of benzene rings is 1. The SMILES string of the molecule is COC(=O)c1ccccc1S(=O)(=O)NC(=O)Nc1nc(OC)cc(C(F)(F)F)n1. The number of ether oxygens (including phenoxy) is 2. The normalized spacial score (nSPS) is 11.5. The predicted molar refractivity (Wildman–Crippen MR) is 90.7 cm³/mol. The molecule has 1 aromatic heterocycles. The first-order chi connectivity index (χ1) is 13.5. The summed E-state index contributed by atoms with van der Waals surface area (Å²) in [6.45, 7) is 0. The van der Waals surface area contributed by atoms with Crippen molar-refractivity contribution in [3.63, 3.8) is 0 Å². The van der Waals surface area contributed by atoms with Gasteiger partial charge in [-0.1, -0.05) is 12.1 Å². The van der Waals surface area contributed by atoms with Gasteiger partial charge in [0, 0.05) is 6.07 Å². The number of carbonyl (C=O) groups is 2. The number of anilines is 1. The highest BCUT2D eigenvalue weighted by Gasteiger charge is 2.34. The monoisotopic (exact) mass is 434 g/mol. The maximum Gasteiger partial charge on any atom is 0.433 e. The quantitative estimate of drug-likeness (QED) is 0.680. The highest BCUT2D eigenvalue weighted by molar-refractivity contribution is 7.90. The Kier molecular flexibility index (Phi) is 6.26. The second kappa shape index (κ2) is 8.30. The minimum atomic E-state index is -4.87. The van der Waals surface area contributed by atoms with Crippen LogP contribution in [-0.4, -0.2) is 44.6 Å². The number of nitrogens with zero attached hydrogens (tertiary/aromatic N) is 2. The van der Waals surface area contributed by atoms with Crippen molar-refractivity contribution >= 4 is 28.0 Å². The van der Waals surface area contributed by atoms with E-state index in [0.29, 0.717) is 6.07 Å². The van der Waals surface area contributed by atoms with Gasteiger partial charge in [0.25, 0.3) is 10.0 Å². The minimum absolute atomic E-state index is 0.354. The molecule has 0 aliphatic rings. The molecular weight excluding hydrogens is 421 g/mol. The number of halogens is 3. The number of hydrogen-bond donors (Lipinski definition) is 2. The van der Waals surface area contributed by atoms with E-state index < -0.39 is 50.6 Å². The molecule has 14 heteroatoms. The summed E-state index contributed by atoms with van der Waals surface area (Å²) >= 11 is 0. The van der Waals surface area contributed by atoms with E-state index in [1.807, 2.05) is 0 Å². The highest BCUT2D eigenvalue weighted by atomic mass is 32.2. The number of esters is 1. The molecule has 2 rings (SSSR count). The van der Waals surface area contributed by atoms with Gasteiger partial charge in [0.15, 0.2) is 5.69 Å². The second-order valence-electron chi connectivity index (χ2n) is 5.16. The molecule has 0 aliphatic carbocycles. The molecule has 0 spiro atoms. The second-order valence-corrected chi connectivity index (χ2v) is 6.82. The molecule has 0 saturated carbocycles. The topological polar surface area (TPSA) is 137 Å². The lowest BCUT2D eigenvalue weighted by atomic mass is 10.2. The van der Waals surface area contributed by atoms with Gasteiger partial charge in [-0.2, -0.15) is 18.2 Å². The number of hydrogen-bond acceptors (Lipinski definition) is 8. The van der Waals surface area contributed by atoms with E-state index in [1.165, 1.54) is 12.1 Å². The number of amides is 2.